The monoisotopic (exact) mass is 485 g/mol. The minimum Gasteiger partial charge on any atom is -0.471 e. The van der Waals surface area contributed by atoms with Crippen LogP contribution in [0, 0.1) is 19.3 Å². The highest BCUT2D eigenvalue weighted by Crippen LogP contribution is 2.39. The summed E-state index contributed by atoms with van der Waals surface area (Å²) >= 11 is 0. The first kappa shape index (κ1) is 23.3. The molecule has 3 heterocycles. The van der Waals surface area contributed by atoms with Gasteiger partial charge in [-0.3, -0.25) is 10.7 Å². The van der Waals surface area contributed by atoms with Crippen molar-refractivity contribution in [2.75, 3.05) is 5.32 Å². The number of ether oxygens (including phenoxy) is 1. The van der Waals surface area contributed by atoms with E-state index in [4.69, 9.17) is 15.3 Å². The summed E-state index contributed by atoms with van der Waals surface area (Å²) in [5, 5.41) is 22.1. The highest BCUT2D eigenvalue weighted by atomic mass is 16.5. The molecule has 0 aliphatic heterocycles. The lowest BCUT2D eigenvalue weighted by Crippen LogP contribution is -2.28. The summed E-state index contributed by atoms with van der Waals surface area (Å²) in [4.78, 5) is 23.9. The average molecular weight is 486 g/mol. The standard InChI is InChI=1S/C26H27N7O3/c1-15-7-19(25(27)32-26(34)35)8-16(2)21(15)10-28-22-9-24(30-14-29-22)36-13-20-12-33-11-18(17-3-4-17)5-6-23(33)31-20/h5-9,11-12,14,17H,3-4,10,13H2,1-2H3,(H2,27,32)(H,34,35)(H,28,29,30). The SMILES string of the molecule is Cc1cc(C(=N)NC(=O)O)cc(C)c1CNc1cc(OCc2cn3cc(C4CC4)ccc3n2)ncn1. The molecule has 3 aromatic heterocycles. The summed E-state index contributed by atoms with van der Waals surface area (Å²) in [5.41, 5.74) is 6.52. The molecule has 0 unspecified atom stereocenters. The van der Waals surface area contributed by atoms with Crippen LogP contribution in [0.25, 0.3) is 5.65 Å². The minimum absolute atomic E-state index is 0.153. The molecule has 0 atom stereocenters. The molecule has 0 bridgehead atoms. The van der Waals surface area contributed by atoms with Crippen molar-refractivity contribution < 1.29 is 14.6 Å². The highest BCUT2D eigenvalue weighted by molar-refractivity contribution is 6.04. The normalized spacial score (nSPS) is 12.9. The number of amides is 1. The Balaban J connectivity index is 1.21. The molecule has 4 N–H and O–H groups in total. The van der Waals surface area contributed by atoms with Crippen LogP contribution in [-0.2, 0) is 13.2 Å². The number of nitrogens with one attached hydrogen (secondary N) is 3. The van der Waals surface area contributed by atoms with Crippen molar-refractivity contribution in [3.05, 3.63) is 82.6 Å². The second kappa shape index (κ2) is 9.65. The smallest absolute Gasteiger partial charge is 0.410 e. The van der Waals surface area contributed by atoms with Crippen LogP contribution < -0.4 is 15.4 Å². The molecule has 1 aromatic carbocycles. The Labute approximate surface area is 207 Å². The molecular formula is C26H27N7O3. The van der Waals surface area contributed by atoms with E-state index < -0.39 is 6.09 Å². The summed E-state index contributed by atoms with van der Waals surface area (Å²) in [6.45, 7) is 4.66. The fourth-order valence-electron chi connectivity index (χ4n) is 4.23. The van der Waals surface area contributed by atoms with Crippen LogP contribution in [0.4, 0.5) is 10.6 Å². The van der Waals surface area contributed by atoms with Crippen LogP contribution in [0.15, 0.2) is 49.1 Å². The minimum atomic E-state index is -1.26. The summed E-state index contributed by atoms with van der Waals surface area (Å²) in [7, 11) is 0. The number of hydrogen-bond donors (Lipinski definition) is 4. The van der Waals surface area contributed by atoms with Crippen molar-refractivity contribution in [3.63, 3.8) is 0 Å². The third kappa shape index (κ3) is 5.27. The van der Waals surface area contributed by atoms with Gasteiger partial charge in [-0.25, -0.2) is 19.7 Å². The number of aromatic nitrogens is 4. The molecule has 184 valence electrons. The summed E-state index contributed by atoms with van der Waals surface area (Å²) in [6, 6.07) is 9.53. The fourth-order valence-corrected chi connectivity index (χ4v) is 4.23. The Morgan fingerprint density at radius 2 is 1.94 bits per heavy atom. The lowest BCUT2D eigenvalue weighted by atomic mass is 9.98. The van der Waals surface area contributed by atoms with Gasteiger partial charge in [0.1, 0.15) is 30.2 Å². The van der Waals surface area contributed by atoms with Crippen LogP contribution >= 0.6 is 0 Å². The van der Waals surface area contributed by atoms with Gasteiger partial charge in [0.15, 0.2) is 0 Å². The fraction of sp³-hybridized carbons (Fsp3) is 0.269. The van der Waals surface area contributed by atoms with Gasteiger partial charge >= 0.3 is 6.09 Å². The lowest BCUT2D eigenvalue weighted by Gasteiger charge is -2.14. The van der Waals surface area contributed by atoms with Crippen molar-refractivity contribution in [1.82, 2.24) is 24.7 Å². The third-order valence-corrected chi connectivity index (χ3v) is 6.25. The number of amidine groups is 1. The second-order valence-electron chi connectivity index (χ2n) is 9.01. The zero-order valence-electron chi connectivity index (χ0n) is 20.1. The average Bonchev–Trinajstić information content (AvgIpc) is 3.61. The number of pyridine rings is 1. The number of anilines is 1. The van der Waals surface area contributed by atoms with Gasteiger partial charge in [-0.2, -0.15) is 0 Å². The molecule has 1 aliphatic rings. The number of benzene rings is 1. The van der Waals surface area contributed by atoms with E-state index in [0.717, 1.165) is 28.0 Å². The number of nitrogens with zero attached hydrogens (tertiary/aromatic N) is 4. The number of rotatable bonds is 8. The van der Waals surface area contributed by atoms with Crippen molar-refractivity contribution in [1.29, 1.82) is 5.41 Å². The van der Waals surface area contributed by atoms with E-state index in [0.29, 0.717) is 36.3 Å². The van der Waals surface area contributed by atoms with E-state index in [1.807, 2.05) is 26.1 Å². The van der Waals surface area contributed by atoms with E-state index in [9.17, 15) is 4.79 Å². The van der Waals surface area contributed by atoms with E-state index in [-0.39, 0.29) is 5.84 Å². The zero-order valence-corrected chi connectivity index (χ0v) is 20.1. The number of fused-ring (bicyclic) bond motifs is 1. The second-order valence-corrected chi connectivity index (χ2v) is 9.01. The van der Waals surface area contributed by atoms with Crippen LogP contribution in [0.2, 0.25) is 0 Å². The van der Waals surface area contributed by atoms with E-state index >= 15 is 0 Å². The zero-order chi connectivity index (χ0) is 25.2. The molecule has 0 spiro atoms. The largest absolute Gasteiger partial charge is 0.471 e. The maximum Gasteiger partial charge on any atom is 0.410 e. The Hall–Kier alpha value is -4.47. The van der Waals surface area contributed by atoms with Gasteiger partial charge in [0.05, 0.1) is 5.69 Å². The van der Waals surface area contributed by atoms with Gasteiger partial charge in [0.2, 0.25) is 5.88 Å². The molecule has 1 saturated carbocycles. The van der Waals surface area contributed by atoms with Gasteiger partial charge in [0, 0.05) is 30.6 Å². The number of aryl methyl sites for hydroxylation is 2. The van der Waals surface area contributed by atoms with Gasteiger partial charge < -0.3 is 19.6 Å². The molecule has 1 amide bonds. The third-order valence-electron chi connectivity index (χ3n) is 6.25. The Bertz CT molecular complexity index is 1440. The van der Waals surface area contributed by atoms with Crippen molar-refractivity contribution in [2.24, 2.45) is 0 Å². The van der Waals surface area contributed by atoms with E-state index in [1.54, 1.807) is 18.2 Å². The number of hydrogen-bond acceptors (Lipinski definition) is 7. The summed E-state index contributed by atoms with van der Waals surface area (Å²) in [5.74, 6) is 1.60. The van der Waals surface area contributed by atoms with E-state index in [2.05, 4.69) is 42.2 Å². The molecule has 36 heavy (non-hydrogen) atoms. The molecule has 10 heteroatoms. The van der Waals surface area contributed by atoms with Gasteiger partial charge in [-0.15, -0.1) is 0 Å². The summed E-state index contributed by atoms with van der Waals surface area (Å²) < 4.78 is 7.93. The molecule has 4 aromatic rings. The first-order valence-electron chi connectivity index (χ1n) is 11.7. The molecule has 10 nitrogen and oxygen atoms in total. The Kier molecular flexibility index (Phi) is 6.24. The molecule has 5 rings (SSSR count). The Morgan fingerprint density at radius 3 is 2.67 bits per heavy atom. The van der Waals surface area contributed by atoms with Gasteiger partial charge in [-0.05, 0) is 73.1 Å². The highest BCUT2D eigenvalue weighted by Gasteiger charge is 2.23. The predicted octanol–water partition coefficient (Wildman–Crippen LogP) is 4.40. The van der Waals surface area contributed by atoms with Crippen LogP contribution in [0.3, 0.4) is 0 Å². The maximum atomic E-state index is 10.8. The van der Waals surface area contributed by atoms with Crippen LogP contribution in [-0.4, -0.2) is 36.4 Å². The number of imidazole rings is 1. The van der Waals surface area contributed by atoms with Crippen molar-refractivity contribution in [2.45, 2.75) is 45.8 Å². The van der Waals surface area contributed by atoms with Gasteiger partial charge in [-0.1, -0.05) is 6.07 Å². The quantitative estimate of drug-likeness (QED) is 0.214. The topological polar surface area (TPSA) is 138 Å². The molecule has 1 fully saturated rings. The van der Waals surface area contributed by atoms with E-state index in [1.165, 1.54) is 24.7 Å². The van der Waals surface area contributed by atoms with Crippen molar-refractivity contribution in [3.8, 4) is 5.88 Å². The number of carboxylic acid groups (broad SMARTS) is 1. The first-order chi connectivity index (χ1) is 17.4. The molecular weight excluding hydrogens is 458 g/mol. The summed E-state index contributed by atoms with van der Waals surface area (Å²) in [6.07, 6.45) is 6.86. The first-order valence-corrected chi connectivity index (χ1v) is 11.7. The number of carbonyl (C=O) groups is 1. The van der Waals surface area contributed by atoms with Gasteiger partial charge in [0.25, 0.3) is 0 Å². The van der Waals surface area contributed by atoms with Crippen LogP contribution in [0.1, 0.15) is 52.3 Å². The Morgan fingerprint density at radius 1 is 1.17 bits per heavy atom. The molecule has 1 aliphatic carbocycles. The maximum absolute atomic E-state index is 10.8. The predicted molar refractivity (Wildman–Crippen MR) is 135 cm³/mol. The molecule has 0 saturated heterocycles. The molecule has 0 radical (unpaired) electrons. The van der Waals surface area contributed by atoms with Crippen molar-refractivity contribution >= 4 is 23.4 Å². The van der Waals surface area contributed by atoms with Crippen LogP contribution in [0.5, 0.6) is 5.88 Å². The lowest BCUT2D eigenvalue weighted by molar-refractivity contribution is 0.200.